The Balaban J connectivity index is 1.85. The van der Waals surface area contributed by atoms with E-state index in [4.69, 9.17) is 0 Å². The van der Waals surface area contributed by atoms with Gasteiger partial charge >= 0.3 is 6.18 Å². The first-order valence-corrected chi connectivity index (χ1v) is 8.16. The summed E-state index contributed by atoms with van der Waals surface area (Å²) in [6, 6.07) is 5.92. The maximum atomic E-state index is 12.6. The molecule has 1 amide bonds. The topological polar surface area (TPSA) is 20.3 Å². The van der Waals surface area contributed by atoms with E-state index in [2.05, 4.69) is 15.9 Å². The van der Waals surface area contributed by atoms with Gasteiger partial charge < -0.3 is 4.90 Å². The average molecular weight is 378 g/mol. The number of halogens is 4. The first-order valence-electron chi connectivity index (χ1n) is 7.37. The molecule has 22 heavy (non-hydrogen) atoms. The van der Waals surface area contributed by atoms with Gasteiger partial charge in [-0.05, 0) is 49.4 Å². The third-order valence-corrected chi connectivity index (χ3v) is 4.72. The number of amides is 1. The quantitative estimate of drug-likeness (QED) is 0.759. The smallest absolute Gasteiger partial charge is 0.343 e. The van der Waals surface area contributed by atoms with E-state index in [-0.39, 0.29) is 31.8 Å². The number of rotatable bonds is 3. The second kappa shape index (κ2) is 7.02. The molecule has 0 bridgehead atoms. The molecule has 1 saturated heterocycles. The van der Waals surface area contributed by atoms with Gasteiger partial charge in [0.1, 0.15) is 0 Å². The highest BCUT2D eigenvalue weighted by Gasteiger charge is 2.41. The van der Waals surface area contributed by atoms with Gasteiger partial charge in [0, 0.05) is 24.0 Å². The first-order chi connectivity index (χ1) is 10.3. The second-order valence-electron chi connectivity index (χ2n) is 5.77. The van der Waals surface area contributed by atoms with Crippen LogP contribution in [0.15, 0.2) is 22.7 Å². The maximum Gasteiger partial charge on any atom is 0.391 e. The highest BCUT2D eigenvalue weighted by atomic mass is 79.9. The lowest BCUT2D eigenvalue weighted by atomic mass is 9.95. The summed E-state index contributed by atoms with van der Waals surface area (Å²) in [5.41, 5.74) is 2.21. The summed E-state index contributed by atoms with van der Waals surface area (Å²) in [5, 5.41) is 0. The molecule has 0 unspecified atom stereocenters. The van der Waals surface area contributed by atoms with Crippen molar-refractivity contribution in [3.05, 3.63) is 33.8 Å². The molecule has 1 aromatic rings. The summed E-state index contributed by atoms with van der Waals surface area (Å²) in [7, 11) is 0. The Labute approximate surface area is 136 Å². The lowest BCUT2D eigenvalue weighted by Gasteiger charge is -2.33. The van der Waals surface area contributed by atoms with Crippen molar-refractivity contribution in [2.45, 2.75) is 38.8 Å². The van der Waals surface area contributed by atoms with Gasteiger partial charge in [-0.1, -0.05) is 22.0 Å². The van der Waals surface area contributed by atoms with Crippen molar-refractivity contribution in [3.8, 4) is 0 Å². The fourth-order valence-corrected chi connectivity index (χ4v) is 3.17. The normalized spacial score (nSPS) is 16.9. The first kappa shape index (κ1) is 17.3. The molecule has 0 atom stereocenters. The van der Waals surface area contributed by atoms with Crippen LogP contribution >= 0.6 is 15.9 Å². The van der Waals surface area contributed by atoms with Crippen molar-refractivity contribution >= 4 is 21.8 Å². The Morgan fingerprint density at radius 2 is 1.95 bits per heavy atom. The molecule has 0 radical (unpaired) electrons. The number of likely N-dealkylation sites (tertiary alicyclic amines) is 1. The molecule has 0 aliphatic carbocycles. The predicted molar refractivity (Wildman–Crippen MR) is 82.6 cm³/mol. The summed E-state index contributed by atoms with van der Waals surface area (Å²) in [6.45, 7) is 2.40. The molecule has 2 rings (SSSR count). The van der Waals surface area contributed by atoms with Crippen LogP contribution in [-0.2, 0) is 11.2 Å². The number of piperidine rings is 1. The lowest BCUT2D eigenvalue weighted by Crippen LogP contribution is -2.42. The second-order valence-corrected chi connectivity index (χ2v) is 6.68. The van der Waals surface area contributed by atoms with Crippen LogP contribution in [0.4, 0.5) is 13.2 Å². The van der Waals surface area contributed by atoms with Gasteiger partial charge in [-0.25, -0.2) is 0 Å². The zero-order valence-corrected chi connectivity index (χ0v) is 14.0. The van der Waals surface area contributed by atoms with E-state index in [0.29, 0.717) is 12.8 Å². The van der Waals surface area contributed by atoms with Crippen molar-refractivity contribution in [1.82, 2.24) is 4.90 Å². The molecule has 0 spiro atoms. The Morgan fingerprint density at radius 1 is 1.32 bits per heavy atom. The van der Waals surface area contributed by atoms with Crippen LogP contribution < -0.4 is 0 Å². The molecule has 1 aliphatic rings. The summed E-state index contributed by atoms with van der Waals surface area (Å²) < 4.78 is 38.8. The van der Waals surface area contributed by atoms with Crippen molar-refractivity contribution < 1.29 is 18.0 Å². The molecule has 0 saturated carbocycles. The SMILES string of the molecule is Cc1ccc(Br)cc1CCC(=O)N1CCC(C(F)(F)F)CC1. The largest absolute Gasteiger partial charge is 0.391 e. The zero-order valence-electron chi connectivity index (χ0n) is 12.4. The number of benzene rings is 1. The van der Waals surface area contributed by atoms with Gasteiger partial charge in [0.2, 0.25) is 5.91 Å². The highest BCUT2D eigenvalue weighted by molar-refractivity contribution is 9.10. The molecule has 0 N–H and O–H groups in total. The van der Waals surface area contributed by atoms with Crippen LogP contribution in [-0.4, -0.2) is 30.1 Å². The fourth-order valence-electron chi connectivity index (χ4n) is 2.77. The average Bonchev–Trinajstić information content (AvgIpc) is 2.47. The van der Waals surface area contributed by atoms with Gasteiger partial charge in [0.05, 0.1) is 5.92 Å². The number of hydrogen-bond acceptors (Lipinski definition) is 1. The summed E-state index contributed by atoms with van der Waals surface area (Å²) >= 11 is 3.40. The minimum Gasteiger partial charge on any atom is -0.343 e. The summed E-state index contributed by atoms with van der Waals surface area (Å²) in [5.74, 6) is -1.32. The Hall–Kier alpha value is -1.04. The number of nitrogens with zero attached hydrogens (tertiary/aromatic N) is 1. The van der Waals surface area contributed by atoms with Crippen LogP contribution in [0.1, 0.15) is 30.4 Å². The standard InChI is InChI=1S/C16H19BrF3NO/c1-11-2-4-14(17)10-12(11)3-5-15(22)21-8-6-13(7-9-21)16(18,19)20/h2,4,10,13H,3,5-9H2,1H3. The molecule has 1 fully saturated rings. The number of carbonyl (C=O) groups excluding carboxylic acids is 1. The third-order valence-electron chi connectivity index (χ3n) is 4.23. The van der Waals surface area contributed by atoms with E-state index in [9.17, 15) is 18.0 Å². The van der Waals surface area contributed by atoms with E-state index >= 15 is 0 Å². The van der Waals surface area contributed by atoms with Gasteiger partial charge in [0.25, 0.3) is 0 Å². The zero-order chi connectivity index (χ0) is 16.3. The van der Waals surface area contributed by atoms with E-state index in [1.165, 1.54) is 0 Å². The predicted octanol–water partition coefficient (Wildman–Crippen LogP) is 4.49. The van der Waals surface area contributed by atoms with Crippen molar-refractivity contribution in [1.29, 1.82) is 0 Å². The van der Waals surface area contributed by atoms with Crippen LogP contribution in [0.2, 0.25) is 0 Å². The van der Waals surface area contributed by atoms with Gasteiger partial charge in [0.15, 0.2) is 0 Å². The molecule has 0 aromatic heterocycles. The molecular weight excluding hydrogens is 359 g/mol. The number of alkyl halides is 3. The molecule has 1 aromatic carbocycles. The Bertz CT molecular complexity index is 537. The van der Waals surface area contributed by atoms with Gasteiger partial charge in [-0.2, -0.15) is 13.2 Å². The van der Waals surface area contributed by atoms with Crippen LogP contribution in [0.5, 0.6) is 0 Å². The minimum atomic E-state index is -4.14. The van der Waals surface area contributed by atoms with Crippen LogP contribution in [0, 0.1) is 12.8 Å². The molecule has 1 aliphatic heterocycles. The van der Waals surface area contributed by atoms with E-state index in [1.54, 1.807) is 4.90 Å². The van der Waals surface area contributed by atoms with Crippen molar-refractivity contribution in [2.24, 2.45) is 5.92 Å². The van der Waals surface area contributed by atoms with Crippen LogP contribution in [0.25, 0.3) is 0 Å². The summed E-state index contributed by atoms with van der Waals surface area (Å²) in [6.07, 6.45) is -3.14. The Morgan fingerprint density at radius 3 is 2.55 bits per heavy atom. The van der Waals surface area contributed by atoms with Crippen molar-refractivity contribution in [2.75, 3.05) is 13.1 Å². The molecular formula is C16H19BrF3NO. The van der Waals surface area contributed by atoms with E-state index in [1.807, 2.05) is 25.1 Å². The molecule has 1 heterocycles. The van der Waals surface area contributed by atoms with Crippen molar-refractivity contribution in [3.63, 3.8) is 0 Å². The Kier molecular flexibility index (Phi) is 5.53. The maximum absolute atomic E-state index is 12.6. The number of aryl methyl sites for hydroxylation is 2. The van der Waals surface area contributed by atoms with Gasteiger partial charge in [-0.15, -0.1) is 0 Å². The lowest BCUT2D eigenvalue weighted by molar-refractivity contribution is -0.186. The minimum absolute atomic E-state index is 0.0190. The van der Waals surface area contributed by atoms with E-state index < -0.39 is 12.1 Å². The third kappa shape index (κ3) is 4.48. The van der Waals surface area contributed by atoms with Gasteiger partial charge in [-0.3, -0.25) is 4.79 Å². The fraction of sp³-hybridized carbons (Fsp3) is 0.562. The molecule has 122 valence electrons. The molecule has 6 heteroatoms. The number of hydrogen-bond donors (Lipinski definition) is 0. The number of carbonyl (C=O) groups is 1. The molecule has 2 nitrogen and oxygen atoms in total. The van der Waals surface area contributed by atoms with Crippen LogP contribution in [0.3, 0.4) is 0 Å². The highest BCUT2D eigenvalue weighted by Crippen LogP contribution is 2.34. The van der Waals surface area contributed by atoms with E-state index in [0.717, 1.165) is 15.6 Å². The summed E-state index contributed by atoms with van der Waals surface area (Å²) in [4.78, 5) is 13.7. The monoisotopic (exact) mass is 377 g/mol.